The van der Waals surface area contributed by atoms with Crippen LogP contribution in [0.15, 0.2) is 51.9 Å². The lowest BCUT2D eigenvalue weighted by atomic mass is 9.70. The van der Waals surface area contributed by atoms with Crippen LogP contribution in [0, 0.1) is 16.7 Å². The number of ketones is 1. The molecule has 4 nitrogen and oxygen atoms in total. The number of nitrogens with zero attached hydrogens (tertiary/aromatic N) is 1. The van der Waals surface area contributed by atoms with E-state index < -0.39 is 5.92 Å². The molecule has 5 heteroatoms. The fourth-order valence-corrected chi connectivity index (χ4v) is 3.82. The summed E-state index contributed by atoms with van der Waals surface area (Å²) in [4.78, 5) is 13.9. The van der Waals surface area contributed by atoms with Gasteiger partial charge >= 0.3 is 0 Å². The largest absolute Gasteiger partial charge is 0.444 e. The first-order chi connectivity index (χ1) is 11.4. The molecule has 2 aliphatic rings. The van der Waals surface area contributed by atoms with Crippen molar-refractivity contribution in [1.29, 1.82) is 5.26 Å². The first kappa shape index (κ1) is 16.7. The van der Waals surface area contributed by atoms with Crippen molar-refractivity contribution in [2.75, 3.05) is 6.26 Å². The smallest absolute Gasteiger partial charge is 0.205 e. The van der Waals surface area contributed by atoms with E-state index >= 15 is 0 Å². The standard InChI is InChI=1S/C19H20N2O2S/c1-19(2)8-14(22)17-15(9-19)23-18(21)13(10-20)16(17)11-4-6-12(24-3)7-5-11/h4-7,16H,8-9,21H2,1-3H3/t16-/m1/s1. The minimum Gasteiger partial charge on any atom is -0.444 e. The molecule has 0 amide bonds. The van der Waals surface area contributed by atoms with Crippen molar-refractivity contribution in [3.8, 4) is 6.07 Å². The number of allylic oxidation sites excluding steroid dienone is 3. The SMILES string of the molecule is CSc1ccc([C@@H]2C(C#N)=C(N)OC3=C2C(=O)CC(C)(C)C3)cc1. The Morgan fingerprint density at radius 2 is 1.96 bits per heavy atom. The van der Waals surface area contributed by atoms with Crippen LogP contribution in [0.4, 0.5) is 0 Å². The number of benzene rings is 1. The Bertz CT molecular complexity index is 798. The fourth-order valence-electron chi connectivity index (χ4n) is 3.41. The predicted octanol–water partition coefficient (Wildman–Crippen LogP) is 3.86. The summed E-state index contributed by atoms with van der Waals surface area (Å²) in [5.74, 6) is 0.339. The van der Waals surface area contributed by atoms with Crippen molar-refractivity contribution in [3.63, 3.8) is 0 Å². The highest BCUT2D eigenvalue weighted by atomic mass is 32.2. The topological polar surface area (TPSA) is 76.1 Å². The third kappa shape index (κ3) is 2.83. The van der Waals surface area contributed by atoms with E-state index in [0.717, 1.165) is 10.5 Å². The zero-order valence-corrected chi connectivity index (χ0v) is 14.9. The summed E-state index contributed by atoms with van der Waals surface area (Å²) in [5.41, 5.74) is 7.65. The van der Waals surface area contributed by atoms with Gasteiger partial charge in [-0.1, -0.05) is 26.0 Å². The first-order valence-corrected chi connectivity index (χ1v) is 9.06. The third-order valence-corrected chi connectivity index (χ3v) is 5.27. The van der Waals surface area contributed by atoms with Crippen molar-refractivity contribution in [3.05, 3.63) is 52.6 Å². The van der Waals surface area contributed by atoms with Crippen LogP contribution in [-0.2, 0) is 9.53 Å². The van der Waals surface area contributed by atoms with Gasteiger partial charge in [0.25, 0.3) is 0 Å². The summed E-state index contributed by atoms with van der Waals surface area (Å²) in [6, 6.07) is 10.1. The number of carbonyl (C=O) groups is 1. The molecule has 0 aromatic heterocycles. The van der Waals surface area contributed by atoms with E-state index in [1.54, 1.807) is 11.8 Å². The number of carbonyl (C=O) groups excluding carboxylic acids is 1. The highest BCUT2D eigenvalue weighted by Crippen LogP contribution is 2.47. The lowest BCUT2D eigenvalue weighted by Gasteiger charge is -2.37. The van der Waals surface area contributed by atoms with E-state index in [9.17, 15) is 10.1 Å². The monoisotopic (exact) mass is 340 g/mol. The Morgan fingerprint density at radius 1 is 1.29 bits per heavy atom. The molecule has 0 unspecified atom stereocenters. The number of ether oxygens (including phenoxy) is 1. The van der Waals surface area contributed by atoms with Crippen molar-refractivity contribution < 1.29 is 9.53 Å². The van der Waals surface area contributed by atoms with Crippen LogP contribution >= 0.6 is 11.8 Å². The van der Waals surface area contributed by atoms with E-state index in [0.29, 0.717) is 29.7 Å². The quantitative estimate of drug-likeness (QED) is 0.827. The van der Waals surface area contributed by atoms with Gasteiger partial charge in [0.05, 0.1) is 5.92 Å². The molecule has 1 heterocycles. The van der Waals surface area contributed by atoms with Gasteiger partial charge in [0.1, 0.15) is 17.4 Å². The second kappa shape index (κ2) is 6.03. The van der Waals surface area contributed by atoms with Crippen molar-refractivity contribution in [1.82, 2.24) is 0 Å². The molecule has 0 bridgehead atoms. The van der Waals surface area contributed by atoms with Crippen LogP contribution in [-0.4, -0.2) is 12.0 Å². The van der Waals surface area contributed by atoms with Crippen LogP contribution in [0.5, 0.6) is 0 Å². The number of hydrogen-bond donors (Lipinski definition) is 1. The molecule has 0 spiro atoms. The zero-order valence-electron chi connectivity index (χ0n) is 14.1. The number of thioether (sulfide) groups is 1. The summed E-state index contributed by atoms with van der Waals surface area (Å²) in [7, 11) is 0. The minimum atomic E-state index is -0.432. The summed E-state index contributed by atoms with van der Waals surface area (Å²) in [5, 5.41) is 9.57. The summed E-state index contributed by atoms with van der Waals surface area (Å²) in [6.07, 6.45) is 3.11. The molecule has 3 rings (SSSR count). The molecule has 2 N–H and O–H groups in total. The Labute approximate surface area is 146 Å². The van der Waals surface area contributed by atoms with Gasteiger partial charge in [0, 0.05) is 23.3 Å². The maximum absolute atomic E-state index is 12.8. The van der Waals surface area contributed by atoms with E-state index in [2.05, 4.69) is 6.07 Å². The molecule has 0 saturated carbocycles. The molecule has 124 valence electrons. The third-order valence-electron chi connectivity index (χ3n) is 4.52. The van der Waals surface area contributed by atoms with Crippen LogP contribution in [0.1, 0.15) is 38.2 Å². The van der Waals surface area contributed by atoms with E-state index in [-0.39, 0.29) is 17.1 Å². The van der Waals surface area contributed by atoms with Crippen LogP contribution in [0.2, 0.25) is 0 Å². The lowest BCUT2D eigenvalue weighted by Crippen LogP contribution is -2.33. The van der Waals surface area contributed by atoms with Gasteiger partial charge in [-0.2, -0.15) is 5.26 Å². The number of nitriles is 1. The average Bonchev–Trinajstić information content (AvgIpc) is 2.52. The second-order valence-electron chi connectivity index (χ2n) is 6.98. The van der Waals surface area contributed by atoms with Crippen molar-refractivity contribution in [2.24, 2.45) is 11.1 Å². The van der Waals surface area contributed by atoms with Crippen LogP contribution < -0.4 is 5.73 Å². The van der Waals surface area contributed by atoms with Crippen LogP contribution in [0.3, 0.4) is 0 Å². The van der Waals surface area contributed by atoms with Gasteiger partial charge in [0.15, 0.2) is 5.78 Å². The molecule has 0 radical (unpaired) electrons. The summed E-state index contributed by atoms with van der Waals surface area (Å²) in [6.45, 7) is 4.08. The van der Waals surface area contributed by atoms with E-state index in [4.69, 9.17) is 10.5 Å². The summed E-state index contributed by atoms with van der Waals surface area (Å²) < 4.78 is 5.69. The molecule has 1 aliphatic carbocycles. The van der Waals surface area contributed by atoms with E-state index in [1.165, 1.54) is 0 Å². The first-order valence-electron chi connectivity index (χ1n) is 7.84. The van der Waals surface area contributed by atoms with Gasteiger partial charge in [-0.3, -0.25) is 4.79 Å². The summed E-state index contributed by atoms with van der Waals surface area (Å²) >= 11 is 1.65. The highest BCUT2D eigenvalue weighted by Gasteiger charge is 2.42. The zero-order chi connectivity index (χ0) is 17.5. The minimum absolute atomic E-state index is 0.0421. The molecular weight excluding hydrogens is 320 g/mol. The number of nitrogens with two attached hydrogens (primary N) is 1. The molecule has 0 fully saturated rings. The van der Waals surface area contributed by atoms with Crippen LogP contribution in [0.25, 0.3) is 0 Å². The number of Topliss-reactive ketones (excluding diaryl/α,β-unsaturated/α-hetero) is 1. The average molecular weight is 340 g/mol. The molecule has 1 aliphatic heterocycles. The Hall–Kier alpha value is -2.19. The maximum atomic E-state index is 12.8. The molecular formula is C19H20N2O2S. The molecule has 24 heavy (non-hydrogen) atoms. The highest BCUT2D eigenvalue weighted by molar-refractivity contribution is 7.98. The Morgan fingerprint density at radius 3 is 2.54 bits per heavy atom. The van der Waals surface area contributed by atoms with Gasteiger partial charge in [0.2, 0.25) is 5.88 Å². The maximum Gasteiger partial charge on any atom is 0.205 e. The van der Waals surface area contributed by atoms with Gasteiger partial charge < -0.3 is 10.5 Å². The molecule has 1 atom stereocenters. The van der Waals surface area contributed by atoms with Crippen molar-refractivity contribution >= 4 is 17.5 Å². The Balaban J connectivity index is 2.14. The van der Waals surface area contributed by atoms with Gasteiger partial charge in [-0.15, -0.1) is 11.8 Å². The fraction of sp³-hybridized carbons (Fsp3) is 0.368. The Kier molecular flexibility index (Phi) is 4.18. The van der Waals surface area contributed by atoms with Gasteiger partial charge in [-0.25, -0.2) is 0 Å². The lowest BCUT2D eigenvalue weighted by molar-refractivity contribution is -0.119. The predicted molar refractivity (Wildman–Crippen MR) is 93.9 cm³/mol. The number of hydrogen-bond acceptors (Lipinski definition) is 5. The van der Waals surface area contributed by atoms with Gasteiger partial charge in [-0.05, 0) is 29.4 Å². The second-order valence-corrected chi connectivity index (χ2v) is 7.86. The molecule has 1 aromatic carbocycles. The normalized spacial score (nSPS) is 22.8. The van der Waals surface area contributed by atoms with Crippen molar-refractivity contribution in [2.45, 2.75) is 37.5 Å². The molecule has 1 aromatic rings. The molecule has 0 saturated heterocycles. The van der Waals surface area contributed by atoms with E-state index in [1.807, 2.05) is 44.4 Å². The number of rotatable bonds is 2.